The number of imidazole rings is 1. The minimum Gasteiger partial charge on any atom is -0.444 e. The molecule has 8 heteroatoms. The number of hydrogen-bond acceptors (Lipinski definition) is 5. The fourth-order valence-electron chi connectivity index (χ4n) is 5.35. The maximum atomic E-state index is 13.4. The average molecular weight is 550 g/mol. The number of hydrogen-bond donors (Lipinski definition) is 0. The van der Waals surface area contributed by atoms with Gasteiger partial charge in [0.15, 0.2) is 0 Å². The summed E-state index contributed by atoms with van der Waals surface area (Å²) in [6.45, 7) is 7.19. The van der Waals surface area contributed by atoms with Crippen LogP contribution in [0.2, 0.25) is 0 Å². The van der Waals surface area contributed by atoms with Crippen molar-refractivity contribution in [3.8, 4) is 11.1 Å². The van der Waals surface area contributed by atoms with E-state index in [1.54, 1.807) is 17.0 Å². The first-order chi connectivity index (χ1) is 19.7. The summed E-state index contributed by atoms with van der Waals surface area (Å²) in [5, 5.41) is 1.46. The highest BCUT2D eigenvalue weighted by Gasteiger charge is 2.27. The van der Waals surface area contributed by atoms with E-state index < -0.39 is 5.60 Å². The Kier molecular flexibility index (Phi) is 7.07. The highest BCUT2D eigenvalue weighted by Crippen LogP contribution is 2.29. The van der Waals surface area contributed by atoms with E-state index in [0.29, 0.717) is 30.9 Å². The molecule has 0 atom stereocenters. The van der Waals surface area contributed by atoms with Crippen molar-refractivity contribution in [1.29, 1.82) is 0 Å². The topological polar surface area (TPSA) is 81.7 Å². The summed E-state index contributed by atoms with van der Waals surface area (Å²) < 4.78 is 9.34. The van der Waals surface area contributed by atoms with E-state index in [-0.39, 0.29) is 11.7 Å². The fraction of sp³-hybridized carbons (Fsp3) is 0.333. The predicted octanol–water partition coefficient (Wildman–Crippen LogP) is 6.30. The smallest absolute Gasteiger partial charge is 0.410 e. The van der Waals surface area contributed by atoms with Gasteiger partial charge in [-0.15, -0.1) is 0 Å². The number of pyridine rings is 3. The Morgan fingerprint density at radius 2 is 1.83 bits per heavy atom. The van der Waals surface area contributed by atoms with Crippen LogP contribution in [0, 0.1) is 5.92 Å². The molecular formula is C33H35N5O3. The monoisotopic (exact) mass is 549 g/mol. The van der Waals surface area contributed by atoms with Crippen LogP contribution in [0.4, 0.5) is 4.79 Å². The molecule has 1 aromatic carbocycles. The summed E-state index contributed by atoms with van der Waals surface area (Å²) in [6.07, 6.45) is 12.5. The van der Waals surface area contributed by atoms with Crippen molar-refractivity contribution in [2.75, 3.05) is 6.54 Å². The third kappa shape index (κ3) is 5.87. The molecule has 1 aliphatic carbocycles. The van der Waals surface area contributed by atoms with Gasteiger partial charge in [-0.2, -0.15) is 0 Å². The normalized spacial score (nSPS) is 13.8. The second-order valence-electron chi connectivity index (χ2n) is 12.0. The molecule has 6 rings (SSSR count). The van der Waals surface area contributed by atoms with E-state index in [9.17, 15) is 9.59 Å². The van der Waals surface area contributed by atoms with E-state index in [1.807, 2.05) is 97.2 Å². The number of ether oxygens (including phenoxy) is 1. The van der Waals surface area contributed by atoms with Gasteiger partial charge < -0.3 is 18.6 Å². The van der Waals surface area contributed by atoms with E-state index >= 15 is 0 Å². The van der Waals surface area contributed by atoms with E-state index in [4.69, 9.17) is 9.72 Å². The van der Waals surface area contributed by atoms with Gasteiger partial charge in [-0.3, -0.25) is 9.78 Å². The number of rotatable bonds is 7. The lowest BCUT2D eigenvalue weighted by molar-refractivity contribution is 0.0173. The first-order valence-electron chi connectivity index (χ1n) is 14.2. The largest absolute Gasteiger partial charge is 0.444 e. The van der Waals surface area contributed by atoms with Gasteiger partial charge in [0.2, 0.25) is 0 Å². The Labute approximate surface area is 239 Å². The Hall–Kier alpha value is -4.46. The van der Waals surface area contributed by atoms with Gasteiger partial charge in [-0.25, -0.2) is 9.78 Å². The van der Waals surface area contributed by atoms with Crippen LogP contribution in [-0.4, -0.2) is 42.1 Å². The zero-order chi connectivity index (χ0) is 28.6. The molecule has 0 N–H and O–H groups in total. The molecule has 0 bridgehead atoms. The Morgan fingerprint density at radius 3 is 2.56 bits per heavy atom. The molecule has 0 saturated heterocycles. The summed E-state index contributed by atoms with van der Waals surface area (Å²) in [5.41, 5.74) is 3.87. The molecule has 4 heterocycles. The maximum absolute atomic E-state index is 13.4. The number of amides is 1. The molecule has 0 spiro atoms. The average Bonchev–Trinajstić information content (AvgIpc) is 3.32. The minimum absolute atomic E-state index is 0.102. The Balaban J connectivity index is 1.24. The third-order valence-electron chi connectivity index (χ3n) is 7.61. The fourth-order valence-corrected chi connectivity index (χ4v) is 5.35. The molecule has 41 heavy (non-hydrogen) atoms. The highest BCUT2D eigenvalue weighted by molar-refractivity contribution is 5.95. The van der Waals surface area contributed by atoms with Crippen LogP contribution in [0.15, 0.2) is 84.3 Å². The molecule has 4 aromatic heterocycles. The SMILES string of the molecule is CC(C)(C)OC(=O)N(Cc1ccc2nc(Cn3ccc4c(-c5ccccc5)cncc4c3=O)cn2c1)CC1CCC1. The number of benzene rings is 1. The molecule has 0 unspecified atom stereocenters. The zero-order valence-corrected chi connectivity index (χ0v) is 23.8. The molecule has 1 amide bonds. The van der Waals surface area contributed by atoms with Crippen molar-refractivity contribution < 1.29 is 9.53 Å². The third-order valence-corrected chi connectivity index (χ3v) is 7.61. The molecule has 1 aliphatic rings. The molecule has 8 nitrogen and oxygen atoms in total. The van der Waals surface area contributed by atoms with Gasteiger partial charge in [-0.05, 0) is 68.2 Å². The van der Waals surface area contributed by atoms with Crippen LogP contribution in [0.1, 0.15) is 51.3 Å². The number of carbonyl (C=O) groups is 1. The number of nitrogens with zero attached hydrogens (tertiary/aromatic N) is 5. The maximum Gasteiger partial charge on any atom is 0.410 e. The van der Waals surface area contributed by atoms with Crippen LogP contribution >= 0.6 is 0 Å². The Morgan fingerprint density at radius 1 is 1.02 bits per heavy atom. The molecular weight excluding hydrogens is 514 g/mol. The summed E-state index contributed by atoms with van der Waals surface area (Å²) in [6, 6.07) is 15.9. The van der Waals surface area contributed by atoms with Gasteiger partial charge in [0.25, 0.3) is 5.56 Å². The lowest BCUT2D eigenvalue weighted by atomic mass is 9.85. The molecule has 0 aliphatic heterocycles. The van der Waals surface area contributed by atoms with E-state index in [1.165, 1.54) is 6.42 Å². The quantitative estimate of drug-likeness (QED) is 0.238. The van der Waals surface area contributed by atoms with Crippen LogP contribution in [0.5, 0.6) is 0 Å². The number of aromatic nitrogens is 4. The van der Waals surface area contributed by atoms with Crippen molar-refractivity contribution in [2.24, 2.45) is 5.92 Å². The second kappa shape index (κ2) is 10.8. The first kappa shape index (κ1) is 26.7. The second-order valence-corrected chi connectivity index (χ2v) is 12.0. The van der Waals surface area contributed by atoms with Crippen molar-refractivity contribution in [1.82, 2.24) is 23.8 Å². The van der Waals surface area contributed by atoms with Gasteiger partial charge in [0, 0.05) is 43.1 Å². The molecule has 5 aromatic rings. The van der Waals surface area contributed by atoms with Crippen LogP contribution in [0.25, 0.3) is 27.5 Å². The van der Waals surface area contributed by atoms with Crippen LogP contribution in [-0.2, 0) is 17.8 Å². The summed E-state index contributed by atoms with van der Waals surface area (Å²) in [5.74, 6) is 0.533. The lowest BCUT2D eigenvalue weighted by Gasteiger charge is -2.33. The van der Waals surface area contributed by atoms with Crippen molar-refractivity contribution in [2.45, 2.75) is 58.7 Å². The zero-order valence-electron chi connectivity index (χ0n) is 23.8. The van der Waals surface area contributed by atoms with E-state index in [0.717, 1.165) is 46.3 Å². The predicted molar refractivity (Wildman–Crippen MR) is 160 cm³/mol. The molecule has 210 valence electrons. The Bertz CT molecular complexity index is 1760. The van der Waals surface area contributed by atoms with Crippen molar-refractivity contribution >= 4 is 22.5 Å². The number of carbonyl (C=O) groups excluding carboxylic acids is 1. The number of fused-ring (bicyclic) bond motifs is 2. The summed E-state index contributed by atoms with van der Waals surface area (Å²) >= 11 is 0. The molecule has 0 radical (unpaired) electrons. The highest BCUT2D eigenvalue weighted by atomic mass is 16.6. The van der Waals surface area contributed by atoms with Crippen LogP contribution in [0.3, 0.4) is 0 Å². The molecule has 1 fully saturated rings. The lowest BCUT2D eigenvalue weighted by Crippen LogP contribution is -2.40. The van der Waals surface area contributed by atoms with E-state index in [2.05, 4.69) is 4.98 Å². The summed E-state index contributed by atoms with van der Waals surface area (Å²) in [4.78, 5) is 37.3. The first-order valence-corrected chi connectivity index (χ1v) is 14.2. The standard InChI is InChI=1S/C33H35N5O3/c1-33(2,3)41-32(40)38(18-23-8-7-9-23)20-24-12-13-30-35-26(22-37(30)19-24)21-36-15-14-27-28(25-10-5-4-6-11-25)16-34-17-29(27)31(36)39/h4-6,10-17,19,22-23H,7-9,18,20-21H2,1-3H3. The van der Waals surface area contributed by atoms with Crippen molar-refractivity contribution in [3.05, 3.63) is 101 Å². The van der Waals surface area contributed by atoms with Gasteiger partial charge in [0.1, 0.15) is 11.2 Å². The van der Waals surface area contributed by atoms with Gasteiger partial charge >= 0.3 is 6.09 Å². The van der Waals surface area contributed by atoms with Crippen LogP contribution < -0.4 is 5.56 Å². The summed E-state index contributed by atoms with van der Waals surface area (Å²) in [7, 11) is 0. The van der Waals surface area contributed by atoms with Gasteiger partial charge in [0.05, 0.1) is 24.2 Å². The molecule has 1 saturated carbocycles. The minimum atomic E-state index is -0.543. The van der Waals surface area contributed by atoms with Gasteiger partial charge in [-0.1, -0.05) is 42.8 Å². The van der Waals surface area contributed by atoms with Crippen molar-refractivity contribution in [3.63, 3.8) is 0 Å².